The highest BCUT2D eigenvalue weighted by molar-refractivity contribution is 5.89. The molecule has 6 nitrogen and oxygen atoms in total. The van der Waals surface area contributed by atoms with Crippen molar-refractivity contribution in [3.8, 4) is 0 Å². The van der Waals surface area contributed by atoms with Crippen LogP contribution in [0.1, 0.15) is 32.2 Å². The summed E-state index contributed by atoms with van der Waals surface area (Å²) in [5.41, 5.74) is 1.68. The number of nitrogens with zero attached hydrogens (tertiary/aromatic N) is 1. The molecule has 0 spiro atoms. The van der Waals surface area contributed by atoms with Gasteiger partial charge in [0.15, 0.2) is 0 Å². The van der Waals surface area contributed by atoms with Crippen LogP contribution in [-0.2, 0) is 16.1 Å². The molecule has 20 heavy (non-hydrogen) atoms. The lowest BCUT2D eigenvalue weighted by atomic mass is 10.1. The third-order valence-corrected chi connectivity index (χ3v) is 2.55. The lowest BCUT2D eigenvalue weighted by Crippen LogP contribution is -2.06. The highest BCUT2D eigenvalue weighted by Gasteiger charge is 2.13. The van der Waals surface area contributed by atoms with Crippen LogP contribution in [0, 0.1) is 6.92 Å². The van der Waals surface area contributed by atoms with Crippen molar-refractivity contribution in [3.05, 3.63) is 52.9 Å². The molecule has 0 amide bonds. The van der Waals surface area contributed by atoms with Crippen molar-refractivity contribution >= 4 is 11.9 Å². The van der Waals surface area contributed by atoms with Crippen LogP contribution >= 0.6 is 0 Å². The number of hydrogen-bond donors (Lipinski definition) is 0. The van der Waals surface area contributed by atoms with Gasteiger partial charge >= 0.3 is 11.9 Å². The second-order valence-corrected chi connectivity index (χ2v) is 4.10. The standard InChI is InChI=1S/C14H13NO5/c1-9-6-12(20-15-9)14(17)19-8-10-4-3-5-11(7-10)13(16)18-2/h3-7H,8H2,1-2H3. The third kappa shape index (κ3) is 3.23. The molecule has 0 aliphatic heterocycles. The van der Waals surface area contributed by atoms with E-state index in [4.69, 9.17) is 9.26 Å². The molecule has 0 aliphatic rings. The number of esters is 2. The fraction of sp³-hybridized carbons (Fsp3) is 0.214. The summed E-state index contributed by atoms with van der Waals surface area (Å²) in [6, 6.07) is 8.15. The lowest BCUT2D eigenvalue weighted by Gasteiger charge is -2.04. The molecule has 0 bridgehead atoms. The highest BCUT2D eigenvalue weighted by atomic mass is 16.6. The molecule has 2 rings (SSSR count). The lowest BCUT2D eigenvalue weighted by molar-refractivity contribution is 0.0426. The first-order chi connectivity index (χ1) is 9.60. The van der Waals surface area contributed by atoms with Gasteiger partial charge in [0.2, 0.25) is 5.76 Å². The van der Waals surface area contributed by atoms with Gasteiger partial charge in [-0.2, -0.15) is 0 Å². The van der Waals surface area contributed by atoms with Gasteiger partial charge in [-0.25, -0.2) is 9.59 Å². The van der Waals surface area contributed by atoms with Gasteiger partial charge in [0.1, 0.15) is 6.61 Å². The van der Waals surface area contributed by atoms with E-state index >= 15 is 0 Å². The summed E-state index contributed by atoms with van der Waals surface area (Å²) >= 11 is 0. The first kappa shape index (κ1) is 13.8. The Morgan fingerprint density at radius 2 is 2.05 bits per heavy atom. The SMILES string of the molecule is COC(=O)c1cccc(COC(=O)c2cc(C)no2)c1. The van der Waals surface area contributed by atoms with Crippen LogP contribution in [0.4, 0.5) is 0 Å². The summed E-state index contributed by atoms with van der Waals surface area (Å²) in [6.07, 6.45) is 0. The highest BCUT2D eigenvalue weighted by Crippen LogP contribution is 2.10. The Morgan fingerprint density at radius 3 is 2.70 bits per heavy atom. The van der Waals surface area contributed by atoms with Crippen molar-refractivity contribution < 1.29 is 23.6 Å². The molecule has 0 N–H and O–H groups in total. The average Bonchev–Trinajstić information content (AvgIpc) is 2.91. The molecule has 0 saturated heterocycles. The molecule has 0 atom stereocenters. The Kier molecular flexibility index (Phi) is 4.14. The maximum absolute atomic E-state index is 11.7. The molecule has 6 heteroatoms. The predicted octanol–water partition coefficient (Wildman–Crippen LogP) is 2.13. The summed E-state index contributed by atoms with van der Waals surface area (Å²) in [5.74, 6) is -0.996. The summed E-state index contributed by atoms with van der Waals surface area (Å²) in [5, 5.41) is 3.60. The van der Waals surface area contributed by atoms with Gasteiger partial charge in [-0.05, 0) is 24.6 Å². The average molecular weight is 275 g/mol. The quantitative estimate of drug-likeness (QED) is 0.795. The number of aromatic nitrogens is 1. The van der Waals surface area contributed by atoms with E-state index in [2.05, 4.69) is 9.89 Å². The van der Waals surface area contributed by atoms with E-state index in [0.717, 1.165) is 0 Å². The molecule has 0 radical (unpaired) electrons. The van der Waals surface area contributed by atoms with E-state index in [-0.39, 0.29) is 12.4 Å². The number of hydrogen-bond acceptors (Lipinski definition) is 6. The molecular weight excluding hydrogens is 262 g/mol. The van der Waals surface area contributed by atoms with Crippen molar-refractivity contribution in [1.82, 2.24) is 5.16 Å². The van der Waals surface area contributed by atoms with Crippen LogP contribution in [0.5, 0.6) is 0 Å². The largest absolute Gasteiger partial charge is 0.465 e. The van der Waals surface area contributed by atoms with Gasteiger partial charge < -0.3 is 14.0 Å². The molecule has 0 fully saturated rings. The summed E-state index contributed by atoms with van der Waals surface area (Å²) in [7, 11) is 1.31. The van der Waals surface area contributed by atoms with Crippen LogP contribution in [0.25, 0.3) is 0 Å². The van der Waals surface area contributed by atoms with Crippen LogP contribution in [0.2, 0.25) is 0 Å². The summed E-state index contributed by atoms with van der Waals surface area (Å²) < 4.78 is 14.5. The van der Waals surface area contributed by atoms with Crippen molar-refractivity contribution in [2.45, 2.75) is 13.5 Å². The number of carbonyl (C=O) groups is 2. The van der Waals surface area contributed by atoms with Crippen molar-refractivity contribution in [2.24, 2.45) is 0 Å². The topological polar surface area (TPSA) is 78.6 Å². The first-order valence-corrected chi connectivity index (χ1v) is 5.88. The number of benzene rings is 1. The minimum atomic E-state index is -0.603. The van der Waals surface area contributed by atoms with Crippen LogP contribution < -0.4 is 0 Å². The predicted molar refractivity (Wildman–Crippen MR) is 68.1 cm³/mol. The van der Waals surface area contributed by atoms with Crippen LogP contribution in [0.3, 0.4) is 0 Å². The van der Waals surface area contributed by atoms with Gasteiger partial charge in [-0.15, -0.1) is 0 Å². The minimum absolute atomic E-state index is 0.0312. The molecule has 0 saturated carbocycles. The maximum atomic E-state index is 11.7. The maximum Gasteiger partial charge on any atom is 0.377 e. The Morgan fingerprint density at radius 1 is 1.25 bits per heavy atom. The number of methoxy groups -OCH3 is 1. The molecular formula is C14H13NO5. The van der Waals surface area contributed by atoms with E-state index in [0.29, 0.717) is 16.8 Å². The Balaban J connectivity index is 2.00. The number of ether oxygens (including phenoxy) is 2. The minimum Gasteiger partial charge on any atom is -0.465 e. The number of aryl methyl sites for hydroxylation is 1. The van der Waals surface area contributed by atoms with Gasteiger partial charge in [-0.1, -0.05) is 17.3 Å². The zero-order valence-corrected chi connectivity index (χ0v) is 11.1. The fourth-order valence-corrected chi connectivity index (χ4v) is 1.59. The Bertz CT molecular complexity index is 632. The molecule has 1 aromatic heterocycles. The second-order valence-electron chi connectivity index (χ2n) is 4.10. The van der Waals surface area contributed by atoms with Crippen LogP contribution in [-0.4, -0.2) is 24.2 Å². The monoisotopic (exact) mass is 275 g/mol. The third-order valence-electron chi connectivity index (χ3n) is 2.55. The van der Waals surface area contributed by atoms with Gasteiger partial charge in [-0.3, -0.25) is 0 Å². The van der Waals surface area contributed by atoms with E-state index in [1.165, 1.54) is 13.2 Å². The summed E-state index contributed by atoms with van der Waals surface area (Å²) in [4.78, 5) is 23.0. The van der Waals surface area contributed by atoms with Gasteiger partial charge in [0, 0.05) is 6.07 Å². The van der Waals surface area contributed by atoms with Crippen LogP contribution in [0.15, 0.2) is 34.9 Å². The van der Waals surface area contributed by atoms with E-state index < -0.39 is 11.9 Å². The molecule has 0 aliphatic carbocycles. The van der Waals surface area contributed by atoms with Crippen molar-refractivity contribution in [2.75, 3.05) is 7.11 Å². The molecule has 2 aromatic rings. The Labute approximate surface area is 115 Å². The molecule has 1 aromatic carbocycles. The van der Waals surface area contributed by atoms with Crippen molar-refractivity contribution in [1.29, 1.82) is 0 Å². The normalized spacial score (nSPS) is 10.1. The number of rotatable bonds is 4. The second kappa shape index (κ2) is 6.01. The zero-order valence-electron chi connectivity index (χ0n) is 11.1. The zero-order chi connectivity index (χ0) is 14.5. The smallest absolute Gasteiger partial charge is 0.377 e. The van der Waals surface area contributed by atoms with Gasteiger partial charge in [0.25, 0.3) is 0 Å². The fourth-order valence-electron chi connectivity index (χ4n) is 1.59. The summed E-state index contributed by atoms with van der Waals surface area (Å²) in [6.45, 7) is 1.74. The molecule has 1 heterocycles. The molecule has 0 unspecified atom stereocenters. The number of carbonyl (C=O) groups excluding carboxylic acids is 2. The van der Waals surface area contributed by atoms with E-state index in [1.54, 1.807) is 31.2 Å². The van der Waals surface area contributed by atoms with E-state index in [1.807, 2.05) is 0 Å². The van der Waals surface area contributed by atoms with E-state index in [9.17, 15) is 9.59 Å². The Hall–Kier alpha value is -2.63. The van der Waals surface area contributed by atoms with Crippen molar-refractivity contribution in [3.63, 3.8) is 0 Å². The molecule has 104 valence electrons. The first-order valence-electron chi connectivity index (χ1n) is 5.88. The van der Waals surface area contributed by atoms with Gasteiger partial charge in [0.05, 0.1) is 18.4 Å².